The zero-order chi connectivity index (χ0) is 13.9. The number of carboxylic acids is 1. The summed E-state index contributed by atoms with van der Waals surface area (Å²) in [6, 6.07) is 0. The van der Waals surface area contributed by atoms with Gasteiger partial charge in [-0.25, -0.2) is 4.68 Å². The lowest BCUT2D eigenvalue weighted by Gasteiger charge is -2.07. The van der Waals surface area contributed by atoms with Gasteiger partial charge in [0, 0.05) is 12.1 Å². The number of aryl methyl sites for hydroxylation is 2. The first kappa shape index (κ1) is 13.9. The second kappa shape index (κ2) is 5.44. The van der Waals surface area contributed by atoms with Gasteiger partial charge >= 0.3 is 5.97 Å². The van der Waals surface area contributed by atoms with Crippen LogP contribution in [0.1, 0.15) is 24.7 Å². The fraction of sp³-hybridized carbons (Fsp3) is 0.455. The Labute approximate surface area is 104 Å². The van der Waals surface area contributed by atoms with Crippen molar-refractivity contribution in [2.75, 3.05) is 5.84 Å². The van der Waals surface area contributed by atoms with Crippen molar-refractivity contribution in [3.63, 3.8) is 0 Å². The third-order valence-corrected chi connectivity index (χ3v) is 2.50. The van der Waals surface area contributed by atoms with Crippen molar-refractivity contribution in [2.24, 2.45) is 10.9 Å². The monoisotopic (exact) mass is 252 g/mol. The lowest BCUT2D eigenvalue weighted by Crippen LogP contribution is -2.34. The van der Waals surface area contributed by atoms with Crippen LogP contribution in [-0.2, 0) is 9.59 Å². The number of aliphatic carboxylic acids is 1. The topological polar surface area (TPSA) is 111 Å². The average Bonchev–Trinajstić information content (AvgIpc) is 2.28. The van der Waals surface area contributed by atoms with Gasteiger partial charge < -0.3 is 10.9 Å². The Balaban J connectivity index is 3.14. The van der Waals surface area contributed by atoms with E-state index in [2.05, 4.69) is 9.98 Å². The van der Waals surface area contributed by atoms with E-state index < -0.39 is 17.8 Å². The van der Waals surface area contributed by atoms with Gasteiger partial charge in [-0.1, -0.05) is 6.92 Å². The van der Waals surface area contributed by atoms with Crippen LogP contribution in [0.2, 0.25) is 0 Å². The lowest BCUT2D eigenvalue weighted by atomic mass is 10.1. The molecule has 98 valence electrons. The van der Waals surface area contributed by atoms with E-state index >= 15 is 0 Å². The predicted octanol–water partition coefficient (Wildman–Crippen LogP) is -0.248. The fourth-order valence-corrected chi connectivity index (χ4v) is 1.35. The summed E-state index contributed by atoms with van der Waals surface area (Å²) in [5, 5.41) is 8.62. The maximum Gasteiger partial charge on any atom is 0.304 e. The second-order valence-corrected chi connectivity index (χ2v) is 4.13. The Bertz CT molecular complexity index is 548. The largest absolute Gasteiger partial charge is 0.481 e. The van der Waals surface area contributed by atoms with Gasteiger partial charge in [-0.15, -0.1) is 0 Å². The number of hydrogen-bond donors (Lipinski definition) is 2. The fourth-order valence-electron chi connectivity index (χ4n) is 1.35. The Kier molecular flexibility index (Phi) is 4.19. The van der Waals surface area contributed by atoms with E-state index in [-0.39, 0.29) is 11.9 Å². The molecule has 7 nitrogen and oxygen atoms in total. The van der Waals surface area contributed by atoms with Crippen LogP contribution in [0.25, 0.3) is 0 Å². The van der Waals surface area contributed by atoms with Gasteiger partial charge in [-0.05, 0) is 13.8 Å². The zero-order valence-corrected chi connectivity index (χ0v) is 10.5. The molecule has 3 N–H and O–H groups in total. The molecule has 1 heterocycles. The van der Waals surface area contributed by atoms with E-state index in [1.54, 1.807) is 20.0 Å². The van der Waals surface area contributed by atoms with E-state index in [9.17, 15) is 9.59 Å². The summed E-state index contributed by atoms with van der Waals surface area (Å²) in [4.78, 5) is 30.2. The molecule has 0 radical (unpaired) electrons. The minimum Gasteiger partial charge on any atom is -0.481 e. The highest BCUT2D eigenvalue weighted by Gasteiger charge is 2.16. The average molecular weight is 252 g/mol. The molecule has 1 amide bonds. The van der Waals surface area contributed by atoms with Crippen LogP contribution in [0.15, 0.2) is 11.2 Å². The molecule has 18 heavy (non-hydrogen) atoms. The predicted molar refractivity (Wildman–Crippen MR) is 63.8 cm³/mol. The number of carbonyl (C=O) groups excluding carboxylic acids is 1. The molecule has 1 aromatic rings. The van der Waals surface area contributed by atoms with Gasteiger partial charge in [-0.3, -0.25) is 14.6 Å². The minimum absolute atomic E-state index is 0.247. The molecule has 1 atom stereocenters. The molecule has 1 aromatic heterocycles. The number of amides is 1. The second-order valence-electron chi connectivity index (χ2n) is 4.13. The molecule has 0 aliphatic heterocycles. The highest BCUT2D eigenvalue weighted by molar-refractivity contribution is 5.83. The van der Waals surface area contributed by atoms with E-state index in [4.69, 9.17) is 10.9 Å². The van der Waals surface area contributed by atoms with E-state index in [0.29, 0.717) is 11.4 Å². The van der Waals surface area contributed by atoms with Crippen molar-refractivity contribution >= 4 is 11.9 Å². The number of carbonyl (C=O) groups is 2. The molecule has 0 saturated heterocycles. The molecule has 7 heteroatoms. The number of carboxylic acid groups (broad SMARTS) is 1. The van der Waals surface area contributed by atoms with Crippen molar-refractivity contribution in [2.45, 2.75) is 27.2 Å². The van der Waals surface area contributed by atoms with Crippen LogP contribution >= 0.6 is 0 Å². The summed E-state index contributed by atoms with van der Waals surface area (Å²) in [5.41, 5.74) is 1.41. The van der Waals surface area contributed by atoms with E-state index in [0.717, 1.165) is 0 Å². The van der Waals surface area contributed by atoms with Gasteiger partial charge in [0.25, 0.3) is 5.91 Å². The third-order valence-electron chi connectivity index (χ3n) is 2.50. The van der Waals surface area contributed by atoms with Crippen LogP contribution < -0.4 is 11.3 Å². The summed E-state index contributed by atoms with van der Waals surface area (Å²) >= 11 is 0. The summed E-state index contributed by atoms with van der Waals surface area (Å²) in [5.74, 6) is 3.50. The molecule has 1 rings (SSSR count). The van der Waals surface area contributed by atoms with Crippen molar-refractivity contribution in [1.82, 2.24) is 9.66 Å². The van der Waals surface area contributed by atoms with Crippen molar-refractivity contribution in [3.05, 3.63) is 23.1 Å². The van der Waals surface area contributed by atoms with Crippen LogP contribution in [0.5, 0.6) is 0 Å². The van der Waals surface area contributed by atoms with Crippen LogP contribution in [0, 0.1) is 19.8 Å². The Morgan fingerprint density at radius 2 is 2.17 bits per heavy atom. The molecule has 1 unspecified atom stereocenters. The quantitative estimate of drug-likeness (QED) is 0.721. The number of nitrogens with zero attached hydrogens (tertiary/aromatic N) is 3. The maximum atomic E-state index is 11.7. The Morgan fingerprint density at radius 3 is 2.72 bits per heavy atom. The van der Waals surface area contributed by atoms with E-state index in [1.165, 1.54) is 11.6 Å². The lowest BCUT2D eigenvalue weighted by molar-refractivity contribution is -0.140. The van der Waals surface area contributed by atoms with Gasteiger partial charge in [-0.2, -0.15) is 4.99 Å². The first-order valence-electron chi connectivity index (χ1n) is 5.43. The van der Waals surface area contributed by atoms with Crippen LogP contribution in [0.4, 0.5) is 0 Å². The SMILES string of the molecule is Cc1ncc(C)n(N)c1=NC(=O)C(C)CC(=O)O. The van der Waals surface area contributed by atoms with Crippen molar-refractivity contribution in [1.29, 1.82) is 0 Å². The number of hydrogen-bond acceptors (Lipinski definition) is 4. The standard InChI is InChI=1S/C11H16N4O3/c1-6(4-9(16)17)11(18)14-10-8(3)13-5-7(2)15(10)12/h5-6H,4,12H2,1-3H3,(H,16,17). The number of aromatic nitrogens is 2. The van der Waals surface area contributed by atoms with E-state index in [1.807, 2.05) is 0 Å². The summed E-state index contributed by atoms with van der Waals surface area (Å²) in [7, 11) is 0. The van der Waals surface area contributed by atoms with Crippen LogP contribution in [0.3, 0.4) is 0 Å². The molecule has 0 aliphatic rings. The van der Waals surface area contributed by atoms with Crippen molar-refractivity contribution < 1.29 is 14.7 Å². The Morgan fingerprint density at radius 1 is 1.56 bits per heavy atom. The minimum atomic E-state index is -1.04. The zero-order valence-electron chi connectivity index (χ0n) is 10.5. The summed E-state index contributed by atoms with van der Waals surface area (Å²) in [6.07, 6.45) is 1.31. The molecule has 0 fully saturated rings. The highest BCUT2D eigenvalue weighted by Crippen LogP contribution is 2.03. The third kappa shape index (κ3) is 3.16. The number of nitrogens with two attached hydrogens (primary N) is 1. The maximum absolute atomic E-state index is 11.7. The molecule has 0 spiro atoms. The molecular formula is C11H16N4O3. The number of rotatable bonds is 3. The van der Waals surface area contributed by atoms with Gasteiger partial charge in [0.2, 0.25) is 0 Å². The molecule has 0 aromatic carbocycles. The van der Waals surface area contributed by atoms with Gasteiger partial charge in [0.15, 0.2) is 5.49 Å². The van der Waals surface area contributed by atoms with Crippen molar-refractivity contribution in [3.8, 4) is 0 Å². The highest BCUT2D eigenvalue weighted by atomic mass is 16.4. The number of nitrogen functional groups attached to an aromatic ring is 1. The first-order valence-corrected chi connectivity index (χ1v) is 5.43. The molecule has 0 aliphatic carbocycles. The summed E-state index contributed by atoms with van der Waals surface area (Å²) < 4.78 is 1.26. The molecule has 0 saturated carbocycles. The normalized spacial score (nSPS) is 13.4. The molecular weight excluding hydrogens is 236 g/mol. The smallest absolute Gasteiger partial charge is 0.304 e. The summed E-state index contributed by atoms with van der Waals surface area (Å²) in [6.45, 7) is 4.92. The Hall–Kier alpha value is -2.18. The molecule has 0 bridgehead atoms. The van der Waals surface area contributed by atoms with Gasteiger partial charge in [0.1, 0.15) is 0 Å². The first-order chi connectivity index (χ1) is 8.32. The van der Waals surface area contributed by atoms with Crippen LogP contribution in [-0.4, -0.2) is 26.6 Å². The van der Waals surface area contributed by atoms with Gasteiger partial charge in [0.05, 0.1) is 17.8 Å².